The summed E-state index contributed by atoms with van der Waals surface area (Å²) in [5.74, 6) is 2.79. The first-order chi connectivity index (χ1) is 28.9. The standard InChI is InChI=1S/C25H25NO3.C21H18O4.C4H9N/c1-28-23-10-6-5-9-21(23)20-13-14-24(29-17-19-7-3-2-4-8-19)22(15-20)25(27)26-16-18-11-12-18;1-24-19-10-6-5-9-17(19)16-11-12-20(18(13-16)21(22)23)25-14-15-7-3-2-4-8-15;5-3-4-1-2-4/h2-10,13-15,18H,11-12,16-17H2,1H3,(H,26,27);2-13H,14H2,1H3,(H,22,23);4H,1-3,5H2. The Kier molecular flexibility index (Phi) is 15.1. The maximum atomic E-state index is 12.9. The average molecular weight is 793 g/mol. The van der Waals surface area contributed by atoms with Crippen LogP contribution in [0.5, 0.6) is 23.0 Å². The van der Waals surface area contributed by atoms with Gasteiger partial charge in [-0.2, -0.15) is 0 Å². The molecule has 0 aliphatic heterocycles. The number of amides is 1. The van der Waals surface area contributed by atoms with Gasteiger partial charge >= 0.3 is 5.97 Å². The molecule has 0 unspecified atom stereocenters. The van der Waals surface area contributed by atoms with Crippen molar-refractivity contribution in [2.45, 2.75) is 38.9 Å². The van der Waals surface area contributed by atoms with Crippen LogP contribution in [-0.4, -0.2) is 44.3 Å². The Balaban J connectivity index is 0.000000179. The number of aromatic carboxylic acids is 1. The molecular formula is C50H52N2O7. The molecule has 2 fully saturated rings. The maximum absolute atomic E-state index is 12.9. The number of benzene rings is 6. The van der Waals surface area contributed by atoms with E-state index < -0.39 is 5.97 Å². The van der Waals surface area contributed by atoms with Crippen molar-refractivity contribution >= 4 is 11.9 Å². The molecule has 0 aromatic heterocycles. The largest absolute Gasteiger partial charge is 0.496 e. The molecule has 0 bridgehead atoms. The monoisotopic (exact) mass is 792 g/mol. The molecule has 0 heterocycles. The molecule has 0 saturated heterocycles. The Bertz CT molecular complexity index is 2270. The Hall–Kier alpha value is -6.58. The Labute approximate surface area is 346 Å². The van der Waals surface area contributed by atoms with E-state index in [1.165, 1.54) is 25.7 Å². The Morgan fingerprint density at radius 3 is 1.44 bits per heavy atom. The zero-order valence-electron chi connectivity index (χ0n) is 33.6. The number of methoxy groups -OCH3 is 2. The molecule has 4 N–H and O–H groups in total. The van der Waals surface area contributed by atoms with Crippen molar-refractivity contribution < 1.29 is 33.6 Å². The molecule has 2 aliphatic rings. The molecule has 0 spiro atoms. The number of ether oxygens (including phenoxy) is 4. The normalized spacial score (nSPS) is 12.7. The molecule has 0 radical (unpaired) electrons. The number of carboxylic acids is 1. The zero-order valence-corrected chi connectivity index (χ0v) is 33.6. The first kappa shape index (κ1) is 42.0. The summed E-state index contributed by atoms with van der Waals surface area (Å²) in [5, 5.41) is 12.6. The van der Waals surface area contributed by atoms with Crippen LogP contribution in [0.25, 0.3) is 22.3 Å². The number of nitrogens with two attached hydrogens (primary N) is 1. The van der Waals surface area contributed by atoms with Gasteiger partial charge in [0.25, 0.3) is 5.91 Å². The molecule has 0 atom stereocenters. The van der Waals surface area contributed by atoms with Crippen molar-refractivity contribution in [2.24, 2.45) is 17.6 Å². The molecule has 304 valence electrons. The minimum absolute atomic E-state index is 0.100. The van der Waals surface area contributed by atoms with Crippen LogP contribution < -0.4 is 30.0 Å². The SMILES string of the molecule is COc1ccccc1-c1ccc(OCc2ccccc2)c(C(=O)NCC2CC2)c1.COc1ccccc1-c1ccc(OCc2ccccc2)c(C(=O)O)c1.NCC1CC1. The minimum Gasteiger partial charge on any atom is -0.496 e. The number of carbonyl (C=O) groups excluding carboxylic acids is 1. The van der Waals surface area contributed by atoms with E-state index in [4.69, 9.17) is 24.7 Å². The van der Waals surface area contributed by atoms with Crippen LogP contribution in [0.1, 0.15) is 57.5 Å². The van der Waals surface area contributed by atoms with Crippen LogP contribution in [0.15, 0.2) is 146 Å². The molecule has 6 aromatic rings. The van der Waals surface area contributed by atoms with E-state index in [2.05, 4.69) is 5.32 Å². The number of carbonyl (C=O) groups is 2. The van der Waals surface area contributed by atoms with Crippen LogP contribution in [0.2, 0.25) is 0 Å². The summed E-state index contributed by atoms with van der Waals surface area (Å²) in [6.45, 7) is 2.36. The van der Waals surface area contributed by atoms with Gasteiger partial charge < -0.3 is 35.1 Å². The van der Waals surface area contributed by atoms with Gasteiger partial charge in [-0.05, 0) is 103 Å². The number of carboxylic acid groups (broad SMARTS) is 1. The lowest BCUT2D eigenvalue weighted by Crippen LogP contribution is -2.26. The summed E-state index contributed by atoms with van der Waals surface area (Å²) in [4.78, 5) is 24.6. The molecule has 1 amide bonds. The number of hydrogen-bond donors (Lipinski definition) is 3. The van der Waals surface area contributed by atoms with Crippen LogP contribution in [0.3, 0.4) is 0 Å². The van der Waals surface area contributed by atoms with Gasteiger partial charge in [0, 0.05) is 17.7 Å². The molecule has 6 aromatic carbocycles. The second-order valence-corrected chi connectivity index (χ2v) is 14.5. The Morgan fingerprint density at radius 1 is 0.576 bits per heavy atom. The van der Waals surface area contributed by atoms with Crippen molar-refractivity contribution in [2.75, 3.05) is 27.3 Å². The molecule has 9 nitrogen and oxygen atoms in total. The molecule has 2 saturated carbocycles. The zero-order chi connectivity index (χ0) is 41.4. The van der Waals surface area contributed by atoms with Crippen LogP contribution in [0, 0.1) is 11.8 Å². The summed E-state index contributed by atoms with van der Waals surface area (Å²) < 4.78 is 22.6. The third-order valence-electron chi connectivity index (χ3n) is 10.0. The van der Waals surface area contributed by atoms with Gasteiger partial charge in [0.1, 0.15) is 41.8 Å². The minimum atomic E-state index is -1.03. The topological polar surface area (TPSA) is 129 Å². The fourth-order valence-corrected chi connectivity index (χ4v) is 6.24. The number of para-hydroxylation sites is 2. The van der Waals surface area contributed by atoms with E-state index in [-0.39, 0.29) is 11.5 Å². The Morgan fingerprint density at radius 2 is 1.02 bits per heavy atom. The molecule has 9 heteroatoms. The van der Waals surface area contributed by atoms with Gasteiger partial charge in [-0.15, -0.1) is 0 Å². The van der Waals surface area contributed by atoms with Gasteiger partial charge in [-0.3, -0.25) is 4.79 Å². The smallest absolute Gasteiger partial charge is 0.339 e. The van der Waals surface area contributed by atoms with Crippen LogP contribution >= 0.6 is 0 Å². The highest BCUT2D eigenvalue weighted by Crippen LogP contribution is 2.35. The predicted molar refractivity (Wildman–Crippen MR) is 232 cm³/mol. The van der Waals surface area contributed by atoms with E-state index in [1.807, 2.05) is 133 Å². The summed E-state index contributed by atoms with van der Waals surface area (Å²) >= 11 is 0. The third-order valence-corrected chi connectivity index (χ3v) is 10.0. The van der Waals surface area contributed by atoms with Gasteiger partial charge in [-0.25, -0.2) is 4.79 Å². The summed E-state index contributed by atoms with van der Waals surface area (Å²) in [6, 6.07) is 45.8. The lowest BCUT2D eigenvalue weighted by molar-refractivity contribution is 0.0691. The third kappa shape index (κ3) is 12.5. The summed E-state index contributed by atoms with van der Waals surface area (Å²) in [7, 11) is 3.24. The van der Waals surface area contributed by atoms with Gasteiger partial charge in [0.05, 0.1) is 19.8 Å². The first-order valence-electron chi connectivity index (χ1n) is 20.0. The fraction of sp³-hybridized carbons (Fsp3) is 0.240. The highest BCUT2D eigenvalue weighted by Gasteiger charge is 2.23. The number of rotatable bonds is 15. The summed E-state index contributed by atoms with van der Waals surface area (Å²) in [5.41, 5.74) is 11.4. The molecule has 8 rings (SSSR count). The molecule has 59 heavy (non-hydrogen) atoms. The molecule has 2 aliphatic carbocycles. The van der Waals surface area contributed by atoms with E-state index in [9.17, 15) is 14.7 Å². The van der Waals surface area contributed by atoms with Crippen molar-refractivity contribution in [1.82, 2.24) is 5.32 Å². The van der Waals surface area contributed by atoms with Crippen LogP contribution in [-0.2, 0) is 13.2 Å². The maximum Gasteiger partial charge on any atom is 0.339 e. The fourth-order valence-electron chi connectivity index (χ4n) is 6.24. The lowest BCUT2D eigenvalue weighted by Gasteiger charge is -2.15. The molecular weight excluding hydrogens is 741 g/mol. The highest BCUT2D eigenvalue weighted by atomic mass is 16.5. The number of hydrogen-bond acceptors (Lipinski definition) is 7. The predicted octanol–water partition coefficient (Wildman–Crippen LogP) is 10.1. The van der Waals surface area contributed by atoms with Gasteiger partial charge in [-0.1, -0.05) is 109 Å². The van der Waals surface area contributed by atoms with E-state index in [0.29, 0.717) is 41.9 Å². The lowest BCUT2D eigenvalue weighted by atomic mass is 10.0. The van der Waals surface area contributed by atoms with Crippen LogP contribution in [0.4, 0.5) is 0 Å². The van der Waals surface area contributed by atoms with E-state index in [1.54, 1.807) is 26.4 Å². The number of nitrogens with one attached hydrogen (secondary N) is 1. The van der Waals surface area contributed by atoms with Crippen molar-refractivity contribution in [3.05, 3.63) is 168 Å². The van der Waals surface area contributed by atoms with Gasteiger partial charge in [0.15, 0.2) is 0 Å². The van der Waals surface area contributed by atoms with Crippen molar-refractivity contribution in [3.8, 4) is 45.3 Å². The van der Waals surface area contributed by atoms with Crippen molar-refractivity contribution in [1.29, 1.82) is 0 Å². The van der Waals surface area contributed by atoms with Gasteiger partial charge in [0.2, 0.25) is 0 Å². The average Bonchev–Trinajstić information content (AvgIpc) is 4.24. The second kappa shape index (κ2) is 21.3. The van der Waals surface area contributed by atoms with E-state index >= 15 is 0 Å². The van der Waals surface area contributed by atoms with E-state index in [0.717, 1.165) is 58.1 Å². The second-order valence-electron chi connectivity index (χ2n) is 14.5. The quantitative estimate of drug-likeness (QED) is 0.0938. The van der Waals surface area contributed by atoms with Crippen molar-refractivity contribution in [3.63, 3.8) is 0 Å². The first-order valence-corrected chi connectivity index (χ1v) is 20.0. The summed E-state index contributed by atoms with van der Waals surface area (Å²) in [6.07, 6.45) is 5.16. The highest BCUT2D eigenvalue weighted by molar-refractivity contribution is 5.98.